The molecule has 0 bridgehead atoms. The molecule has 0 unspecified atom stereocenters. The fourth-order valence-corrected chi connectivity index (χ4v) is 3.46. The summed E-state index contributed by atoms with van der Waals surface area (Å²) in [6, 6.07) is 7.19. The number of hydrogen-bond donors (Lipinski definition) is 1. The molecule has 8 heteroatoms. The Bertz CT molecular complexity index is 826. The molecule has 7 nitrogen and oxygen atoms in total. The lowest BCUT2D eigenvalue weighted by Crippen LogP contribution is -2.49. The van der Waals surface area contributed by atoms with Crippen LogP contribution >= 0.6 is 12.2 Å². The number of carbonyl (C=O) groups is 1. The monoisotopic (exact) mass is 401 g/mol. The first-order chi connectivity index (χ1) is 13.5. The van der Waals surface area contributed by atoms with Crippen molar-refractivity contribution in [2.24, 2.45) is 7.05 Å². The number of anilines is 1. The number of aromatic nitrogens is 2. The predicted molar refractivity (Wildman–Crippen MR) is 113 cm³/mol. The topological polar surface area (TPSA) is 62.6 Å². The van der Waals surface area contributed by atoms with Gasteiger partial charge < -0.3 is 15.0 Å². The van der Waals surface area contributed by atoms with Crippen LogP contribution in [0.4, 0.5) is 5.69 Å². The first kappa shape index (κ1) is 20.3. The predicted octanol–water partition coefficient (Wildman–Crippen LogP) is 2.42. The van der Waals surface area contributed by atoms with E-state index in [-0.39, 0.29) is 5.97 Å². The van der Waals surface area contributed by atoms with Crippen molar-refractivity contribution in [2.45, 2.75) is 20.4 Å². The summed E-state index contributed by atoms with van der Waals surface area (Å²) in [6.45, 7) is 8.86. The highest BCUT2D eigenvalue weighted by atomic mass is 32.1. The lowest BCUT2D eigenvalue weighted by Gasteiger charge is -2.36. The van der Waals surface area contributed by atoms with E-state index >= 15 is 0 Å². The molecular weight excluding hydrogens is 374 g/mol. The molecule has 0 aliphatic carbocycles. The van der Waals surface area contributed by atoms with Gasteiger partial charge in [0.1, 0.15) is 0 Å². The van der Waals surface area contributed by atoms with Gasteiger partial charge in [0, 0.05) is 56.7 Å². The zero-order chi connectivity index (χ0) is 20.1. The number of carbonyl (C=O) groups excluding carboxylic acids is 1. The van der Waals surface area contributed by atoms with Gasteiger partial charge in [-0.1, -0.05) is 0 Å². The highest BCUT2D eigenvalue weighted by Gasteiger charge is 2.20. The van der Waals surface area contributed by atoms with Crippen LogP contribution in [0, 0.1) is 6.92 Å². The number of aryl methyl sites for hydroxylation is 1. The maximum Gasteiger partial charge on any atom is 0.338 e. The zero-order valence-corrected chi connectivity index (χ0v) is 17.5. The van der Waals surface area contributed by atoms with Crippen LogP contribution in [0.15, 0.2) is 30.5 Å². The molecule has 1 aromatic carbocycles. The van der Waals surface area contributed by atoms with E-state index in [0.29, 0.717) is 17.3 Å². The minimum atomic E-state index is -0.309. The van der Waals surface area contributed by atoms with Gasteiger partial charge >= 0.3 is 5.97 Å². The van der Waals surface area contributed by atoms with Gasteiger partial charge in [-0.25, -0.2) is 4.79 Å². The van der Waals surface area contributed by atoms with Crippen LogP contribution in [0.2, 0.25) is 0 Å². The molecule has 0 spiro atoms. The van der Waals surface area contributed by atoms with Gasteiger partial charge in [-0.05, 0) is 50.3 Å². The summed E-state index contributed by atoms with van der Waals surface area (Å²) >= 11 is 5.57. The third kappa shape index (κ3) is 4.88. The molecule has 0 radical (unpaired) electrons. The summed E-state index contributed by atoms with van der Waals surface area (Å²) in [7, 11) is 1.97. The van der Waals surface area contributed by atoms with E-state index in [0.717, 1.165) is 38.4 Å². The quantitative estimate of drug-likeness (QED) is 0.610. The highest BCUT2D eigenvalue weighted by molar-refractivity contribution is 7.80. The number of hydrogen-bond acceptors (Lipinski definition) is 5. The van der Waals surface area contributed by atoms with E-state index in [9.17, 15) is 4.79 Å². The van der Waals surface area contributed by atoms with Crippen LogP contribution in [0.1, 0.15) is 28.5 Å². The smallest absolute Gasteiger partial charge is 0.338 e. The fourth-order valence-electron chi connectivity index (χ4n) is 3.16. The number of nitrogens with zero attached hydrogens (tertiary/aromatic N) is 4. The van der Waals surface area contributed by atoms with E-state index < -0.39 is 0 Å². The molecule has 3 rings (SSSR count). The third-order valence-electron chi connectivity index (χ3n) is 5.04. The number of esters is 1. The van der Waals surface area contributed by atoms with Crippen molar-refractivity contribution in [1.82, 2.24) is 19.6 Å². The van der Waals surface area contributed by atoms with Crippen molar-refractivity contribution in [2.75, 3.05) is 38.1 Å². The summed E-state index contributed by atoms with van der Waals surface area (Å²) < 4.78 is 6.92. The van der Waals surface area contributed by atoms with Gasteiger partial charge in [-0.15, -0.1) is 0 Å². The number of piperazine rings is 1. The Labute approximate surface area is 171 Å². The zero-order valence-electron chi connectivity index (χ0n) is 16.6. The highest BCUT2D eigenvalue weighted by Crippen LogP contribution is 2.14. The average Bonchev–Trinajstić information content (AvgIpc) is 3.01. The Morgan fingerprint density at radius 2 is 1.89 bits per heavy atom. The van der Waals surface area contributed by atoms with Gasteiger partial charge in [0.2, 0.25) is 0 Å². The Morgan fingerprint density at radius 1 is 1.21 bits per heavy atom. The molecular formula is C20H27N5O2S. The molecule has 1 fully saturated rings. The molecule has 0 atom stereocenters. The number of ether oxygens (including phenoxy) is 1. The Hall–Kier alpha value is -2.45. The lowest BCUT2D eigenvalue weighted by molar-refractivity contribution is 0.0526. The number of thiocarbonyl (C=S) groups is 1. The standard InChI is InChI=1S/C20H27N5O2S/c1-4-27-19(26)16-5-7-18(8-6-16)22-20(28)25-11-9-24(10-12-25)14-17-13-21-23(3)15(17)2/h5-8,13H,4,9-12,14H2,1-3H3,(H,22,28). The molecule has 0 saturated carbocycles. The van der Waals surface area contributed by atoms with Gasteiger partial charge in [-0.2, -0.15) is 5.10 Å². The first-order valence-electron chi connectivity index (χ1n) is 9.51. The summed E-state index contributed by atoms with van der Waals surface area (Å²) in [4.78, 5) is 16.3. The molecule has 150 valence electrons. The second kappa shape index (κ2) is 9.16. The van der Waals surface area contributed by atoms with Crippen LogP contribution in [0.3, 0.4) is 0 Å². The Balaban J connectivity index is 1.48. The average molecular weight is 402 g/mol. The van der Waals surface area contributed by atoms with E-state index in [1.165, 1.54) is 11.3 Å². The van der Waals surface area contributed by atoms with Crippen molar-refractivity contribution in [3.8, 4) is 0 Å². The summed E-state index contributed by atoms with van der Waals surface area (Å²) in [5, 5.41) is 8.29. The molecule has 1 aromatic heterocycles. The van der Waals surface area contributed by atoms with Crippen LogP contribution in [-0.4, -0.2) is 63.4 Å². The van der Waals surface area contributed by atoms with E-state index in [1.807, 2.05) is 30.1 Å². The minimum absolute atomic E-state index is 0.309. The molecule has 2 heterocycles. The number of benzene rings is 1. The van der Waals surface area contributed by atoms with Gasteiger partial charge in [0.05, 0.1) is 18.4 Å². The van der Waals surface area contributed by atoms with Crippen LogP contribution < -0.4 is 5.32 Å². The van der Waals surface area contributed by atoms with E-state index in [1.54, 1.807) is 19.1 Å². The number of rotatable bonds is 5. The molecule has 1 saturated heterocycles. The van der Waals surface area contributed by atoms with Gasteiger partial charge in [0.15, 0.2) is 5.11 Å². The second-order valence-corrected chi connectivity index (χ2v) is 7.26. The van der Waals surface area contributed by atoms with Crippen molar-refractivity contribution in [1.29, 1.82) is 0 Å². The molecule has 28 heavy (non-hydrogen) atoms. The maximum atomic E-state index is 11.7. The SMILES string of the molecule is CCOC(=O)c1ccc(NC(=S)N2CCN(Cc3cnn(C)c3C)CC2)cc1. The molecule has 1 aliphatic heterocycles. The third-order valence-corrected chi connectivity index (χ3v) is 5.40. The summed E-state index contributed by atoms with van der Waals surface area (Å²) in [5.74, 6) is -0.309. The van der Waals surface area contributed by atoms with Gasteiger partial charge in [-0.3, -0.25) is 9.58 Å². The van der Waals surface area contributed by atoms with Crippen LogP contribution in [0.25, 0.3) is 0 Å². The van der Waals surface area contributed by atoms with E-state index in [2.05, 4.69) is 27.1 Å². The number of nitrogens with one attached hydrogen (secondary N) is 1. The molecule has 2 aromatic rings. The largest absolute Gasteiger partial charge is 0.462 e. The second-order valence-electron chi connectivity index (χ2n) is 6.87. The van der Waals surface area contributed by atoms with Crippen LogP contribution in [-0.2, 0) is 18.3 Å². The summed E-state index contributed by atoms with van der Waals surface area (Å²) in [6.07, 6.45) is 1.95. The Kier molecular flexibility index (Phi) is 6.64. The normalized spacial score (nSPS) is 14.8. The Morgan fingerprint density at radius 3 is 2.46 bits per heavy atom. The fraction of sp³-hybridized carbons (Fsp3) is 0.450. The minimum Gasteiger partial charge on any atom is -0.462 e. The van der Waals surface area contributed by atoms with Gasteiger partial charge in [0.25, 0.3) is 0 Å². The lowest BCUT2D eigenvalue weighted by atomic mass is 10.2. The first-order valence-corrected chi connectivity index (χ1v) is 9.91. The molecule has 1 aliphatic rings. The van der Waals surface area contributed by atoms with Crippen molar-refractivity contribution >= 4 is 29.0 Å². The van der Waals surface area contributed by atoms with Crippen molar-refractivity contribution in [3.05, 3.63) is 47.3 Å². The van der Waals surface area contributed by atoms with Crippen LogP contribution in [0.5, 0.6) is 0 Å². The van der Waals surface area contributed by atoms with Crippen molar-refractivity contribution < 1.29 is 9.53 Å². The van der Waals surface area contributed by atoms with Crippen molar-refractivity contribution in [3.63, 3.8) is 0 Å². The van der Waals surface area contributed by atoms with E-state index in [4.69, 9.17) is 17.0 Å². The maximum absolute atomic E-state index is 11.7. The molecule has 0 amide bonds. The molecule has 1 N–H and O–H groups in total. The summed E-state index contributed by atoms with van der Waals surface area (Å²) in [5.41, 5.74) is 3.90.